The smallest absolute Gasteiger partial charge is 0.182 e. The third kappa shape index (κ3) is 16.6. The summed E-state index contributed by atoms with van der Waals surface area (Å²) in [7, 11) is 6.47. The highest BCUT2D eigenvalue weighted by molar-refractivity contribution is 4.44. The van der Waals surface area contributed by atoms with Crippen LogP contribution in [0.5, 0.6) is 0 Å². The molecule has 0 aromatic heterocycles. The van der Waals surface area contributed by atoms with Crippen LogP contribution in [0.2, 0.25) is 0 Å². The summed E-state index contributed by atoms with van der Waals surface area (Å²) in [5, 5.41) is 0. The molecule has 0 bridgehead atoms. The van der Waals surface area contributed by atoms with Crippen molar-refractivity contribution in [3.8, 4) is 0 Å². The summed E-state index contributed by atoms with van der Waals surface area (Å²) >= 11 is 0. The second kappa shape index (κ2) is 11.7. The molecular formula is C13H30ClNO. The number of hydrogen-bond acceptors (Lipinski definition) is 1. The zero-order chi connectivity index (χ0) is 11.6. The molecule has 0 saturated carbocycles. The molecular weight excluding hydrogens is 222 g/mol. The number of rotatable bonds is 10. The third-order valence-corrected chi connectivity index (χ3v) is 2.37. The number of unbranched alkanes of at least 4 members (excludes halogenated alkanes) is 6. The van der Waals surface area contributed by atoms with Gasteiger partial charge in [-0.3, -0.25) is 0 Å². The lowest BCUT2D eigenvalue weighted by Crippen LogP contribution is -3.00. The molecule has 0 aliphatic carbocycles. The molecule has 0 heterocycles. The highest BCUT2D eigenvalue weighted by Crippen LogP contribution is 2.06. The Morgan fingerprint density at radius 3 is 1.81 bits per heavy atom. The van der Waals surface area contributed by atoms with Gasteiger partial charge in [-0.25, -0.2) is 0 Å². The molecule has 0 radical (unpaired) electrons. The van der Waals surface area contributed by atoms with Gasteiger partial charge in [-0.05, 0) is 6.42 Å². The molecule has 0 fully saturated rings. The SMILES string of the molecule is CCCCCCCCCOC[N+](C)(C)C.[Cl-]. The minimum atomic E-state index is 0. The maximum absolute atomic E-state index is 5.60. The van der Waals surface area contributed by atoms with Gasteiger partial charge in [0.15, 0.2) is 6.73 Å². The van der Waals surface area contributed by atoms with Gasteiger partial charge in [0, 0.05) is 0 Å². The second-order valence-electron chi connectivity index (χ2n) is 5.45. The lowest BCUT2D eigenvalue weighted by molar-refractivity contribution is -0.890. The van der Waals surface area contributed by atoms with E-state index in [0.29, 0.717) is 0 Å². The molecule has 2 nitrogen and oxygen atoms in total. The quantitative estimate of drug-likeness (QED) is 0.311. The van der Waals surface area contributed by atoms with Crippen molar-refractivity contribution in [2.75, 3.05) is 34.5 Å². The number of ether oxygens (including phenoxy) is 1. The Labute approximate surface area is 108 Å². The molecule has 0 aliphatic rings. The highest BCUT2D eigenvalue weighted by atomic mass is 35.5. The fraction of sp³-hybridized carbons (Fsp3) is 1.00. The van der Waals surface area contributed by atoms with E-state index in [1.807, 2.05) is 0 Å². The van der Waals surface area contributed by atoms with Crippen LogP contribution >= 0.6 is 0 Å². The van der Waals surface area contributed by atoms with E-state index < -0.39 is 0 Å². The lowest BCUT2D eigenvalue weighted by Gasteiger charge is -2.23. The van der Waals surface area contributed by atoms with E-state index in [0.717, 1.165) is 17.8 Å². The fourth-order valence-electron chi connectivity index (χ4n) is 1.50. The van der Waals surface area contributed by atoms with Crippen LogP contribution in [-0.2, 0) is 4.74 Å². The first-order chi connectivity index (χ1) is 7.06. The van der Waals surface area contributed by atoms with E-state index in [9.17, 15) is 0 Å². The zero-order valence-corrected chi connectivity index (χ0v) is 12.4. The predicted molar refractivity (Wildman–Crippen MR) is 66.8 cm³/mol. The summed E-state index contributed by atoms with van der Waals surface area (Å²) in [4.78, 5) is 0. The molecule has 100 valence electrons. The van der Waals surface area contributed by atoms with Crippen LogP contribution in [0.3, 0.4) is 0 Å². The Morgan fingerprint density at radius 1 is 0.812 bits per heavy atom. The van der Waals surface area contributed by atoms with E-state index in [1.54, 1.807) is 0 Å². The first kappa shape index (κ1) is 18.6. The van der Waals surface area contributed by atoms with Crippen molar-refractivity contribution in [3.05, 3.63) is 0 Å². The largest absolute Gasteiger partial charge is 1.00 e. The van der Waals surface area contributed by atoms with Crippen molar-refractivity contribution in [2.45, 2.75) is 51.9 Å². The molecule has 0 aromatic carbocycles. The number of nitrogens with zero attached hydrogens (tertiary/aromatic N) is 1. The van der Waals surface area contributed by atoms with Gasteiger partial charge < -0.3 is 21.6 Å². The molecule has 0 N–H and O–H groups in total. The van der Waals surface area contributed by atoms with Crippen molar-refractivity contribution >= 4 is 0 Å². The molecule has 3 heteroatoms. The fourth-order valence-corrected chi connectivity index (χ4v) is 1.50. The summed E-state index contributed by atoms with van der Waals surface area (Å²) < 4.78 is 6.50. The summed E-state index contributed by atoms with van der Waals surface area (Å²) in [6.45, 7) is 4.03. The van der Waals surface area contributed by atoms with Crippen LogP contribution < -0.4 is 12.4 Å². The Balaban J connectivity index is 0. The summed E-state index contributed by atoms with van der Waals surface area (Å²) in [5.74, 6) is 0. The van der Waals surface area contributed by atoms with Gasteiger partial charge in [0.25, 0.3) is 0 Å². The second-order valence-corrected chi connectivity index (χ2v) is 5.45. The summed E-state index contributed by atoms with van der Waals surface area (Å²) in [6, 6.07) is 0. The normalized spacial score (nSPS) is 11.2. The highest BCUT2D eigenvalue weighted by Gasteiger charge is 2.04. The van der Waals surface area contributed by atoms with E-state index in [2.05, 4.69) is 28.1 Å². The maximum atomic E-state index is 5.60. The first-order valence-electron chi connectivity index (χ1n) is 6.44. The standard InChI is InChI=1S/C13H30NO.ClH/c1-5-6-7-8-9-10-11-12-15-13-14(2,3)4;/h5-13H2,1-4H3;1H/q+1;/p-1. The minimum Gasteiger partial charge on any atom is -1.00 e. The molecule has 0 saturated heterocycles. The van der Waals surface area contributed by atoms with Crippen LogP contribution in [0.25, 0.3) is 0 Å². The van der Waals surface area contributed by atoms with Crippen LogP contribution in [0.15, 0.2) is 0 Å². The Hall–Kier alpha value is 0.210. The Morgan fingerprint density at radius 2 is 1.31 bits per heavy atom. The molecule has 0 unspecified atom stereocenters. The number of quaternary nitrogens is 1. The van der Waals surface area contributed by atoms with Gasteiger partial charge in [-0.1, -0.05) is 45.4 Å². The van der Waals surface area contributed by atoms with Gasteiger partial charge >= 0.3 is 0 Å². The third-order valence-electron chi connectivity index (χ3n) is 2.37. The van der Waals surface area contributed by atoms with Crippen LogP contribution in [0.4, 0.5) is 0 Å². The number of hydrogen-bond donors (Lipinski definition) is 0. The van der Waals surface area contributed by atoms with Crippen molar-refractivity contribution in [1.82, 2.24) is 0 Å². The van der Waals surface area contributed by atoms with Crippen molar-refractivity contribution in [2.24, 2.45) is 0 Å². The summed E-state index contributed by atoms with van der Waals surface area (Å²) in [6.07, 6.45) is 9.50. The van der Waals surface area contributed by atoms with Gasteiger partial charge in [0.1, 0.15) is 0 Å². The first-order valence-corrected chi connectivity index (χ1v) is 6.44. The van der Waals surface area contributed by atoms with Gasteiger partial charge in [-0.15, -0.1) is 0 Å². The average molecular weight is 252 g/mol. The van der Waals surface area contributed by atoms with E-state index in [-0.39, 0.29) is 12.4 Å². The molecule has 0 rings (SSSR count). The average Bonchev–Trinajstić information content (AvgIpc) is 2.14. The van der Waals surface area contributed by atoms with Gasteiger partial charge in [0.2, 0.25) is 0 Å². The van der Waals surface area contributed by atoms with E-state index in [1.165, 1.54) is 44.9 Å². The summed E-state index contributed by atoms with van der Waals surface area (Å²) in [5.41, 5.74) is 0. The number of halogens is 1. The van der Waals surface area contributed by atoms with Gasteiger partial charge in [0.05, 0.1) is 27.7 Å². The van der Waals surface area contributed by atoms with Crippen LogP contribution in [0, 0.1) is 0 Å². The van der Waals surface area contributed by atoms with Crippen LogP contribution in [0.1, 0.15) is 51.9 Å². The molecule has 0 aliphatic heterocycles. The van der Waals surface area contributed by atoms with E-state index >= 15 is 0 Å². The van der Waals surface area contributed by atoms with Crippen molar-refractivity contribution < 1.29 is 21.6 Å². The van der Waals surface area contributed by atoms with Crippen molar-refractivity contribution in [1.29, 1.82) is 0 Å². The molecule has 16 heavy (non-hydrogen) atoms. The molecule has 0 aromatic rings. The van der Waals surface area contributed by atoms with Crippen LogP contribution in [-0.4, -0.2) is 39.0 Å². The monoisotopic (exact) mass is 251 g/mol. The predicted octanol–water partition coefficient (Wildman–Crippen LogP) is 0.421. The topological polar surface area (TPSA) is 9.23 Å². The Bertz CT molecular complexity index is 134. The van der Waals surface area contributed by atoms with E-state index in [4.69, 9.17) is 4.74 Å². The minimum absolute atomic E-state index is 0. The van der Waals surface area contributed by atoms with Gasteiger partial charge in [-0.2, -0.15) is 0 Å². The lowest BCUT2D eigenvalue weighted by atomic mass is 10.1. The molecule has 0 spiro atoms. The maximum Gasteiger partial charge on any atom is 0.182 e. The zero-order valence-electron chi connectivity index (χ0n) is 11.6. The van der Waals surface area contributed by atoms with Crippen molar-refractivity contribution in [3.63, 3.8) is 0 Å². The molecule has 0 amide bonds. The Kier molecular flexibility index (Phi) is 13.6. The molecule has 0 atom stereocenters.